The zero-order valence-electron chi connectivity index (χ0n) is 13.7. The third-order valence-electron chi connectivity index (χ3n) is 3.17. The lowest BCUT2D eigenvalue weighted by Gasteiger charge is -2.07. The standard InChI is InChI=1S/C18H18ClNO4S/c1-23-15-8-6-14(7-9-15)20-17(21)10-24-18(22)12-25-11-13-4-2-3-5-16(13)19/h2-9H,10-12H2,1H3,(H,20,21). The van der Waals surface area contributed by atoms with Crippen LogP contribution in [-0.4, -0.2) is 31.3 Å². The smallest absolute Gasteiger partial charge is 0.316 e. The lowest BCUT2D eigenvalue weighted by molar-refractivity contribution is -0.144. The van der Waals surface area contributed by atoms with Crippen molar-refractivity contribution < 1.29 is 19.1 Å². The van der Waals surface area contributed by atoms with E-state index in [1.54, 1.807) is 37.4 Å². The van der Waals surface area contributed by atoms with Gasteiger partial charge in [0, 0.05) is 16.5 Å². The second-order valence-electron chi connectivity index (χ2n) is 5.02. The number of methoxy groups -OCH3 is 1. The Balaban J connectivity index is 1.66. The maximum atomic E-state index is 11.8. The van der Waals surface area contributed by atoms with Crippen molar-refractivity contribution in [2.75, 3.05) is 24.8 Å². The molecular weight excluding hydrogens is 362 g/mol. The molecule has 0 fully saturated rings. The van der Waals surface area contributed by atoms with Crippen molar-refractivity contribution in [2.45, 2.75) is 5.75 Å². The largest absolute Gasteiger partial charge is 0.497 e. The van der Waals surface area contributed by atoms with Crippen LogP contribution >= 0.6 is 23.4 Å². The maximum Gasteiger partial charge on any atom is 0.316 e. The van der Waals surface area contributed by atoms with Crippen molar-refractivity contribution in [3.05, 3.63) is 59.1 Å². The molecule has 0 aliphatic heterocycles. The second-order valence-corrected chi connectivity index (χ2v) is 6.41. The van der Waals surface area contributed by atoms with E-state index >= 15 is 0 Å². The lowest BCUT2D eigenvalue weighted by atomic mass is 10.2. The summed E-state index contributed by atoms with van der Waals surface area (Å²) >= 11 is 7.43. The Labute approximate surface area is 155 Å². The SMILES string of the molecule is COc1ccc(NC(=O)COC(=O)CSCc2ccccc2Cl)cc1. The number of thioether (sulfide) groups is 1. The number of carbonyl (C=O) groups excluding carboxylic acids is 2. The van der Waals surface area contributed by atoms with Gasteiger partial charge in [0.15, 0.2) is 6.61 Å². The van der Waals surface area contributed by atoms with Crippen molar-refractivity contribution in [3.8, 4) is 5.75 Å². The molecule has 2 aromatic carbocycles. The highest BCUT2D eigenvalue weighted by atomic mass is 35.5. The zero-order chi connectivity index (χ0) is 18.1. The van der Waals surface area contributed by atoms with Gasteiger partial charge in [0.1, 0.15) is 5.75 Å². The van der Waals surface area contributed by atoms with Crippen LogP contribution in [0, 0.1) is 0 Å². The number of esters is 1. The van der Waals surface area contributed by atoms with Crippen LogP contribution in [0.25, 0.3) is 0 Å². The van der Waals surface area contributed by atoms with Crippen molar-refractivity contribution in [2.24, 2.45) is 0 Å². The lowest BCUT2D eigenvalue weighted by Crippen LogP contribution is -2.21. The number of nitrogens with one attached hydrogen (secondary N) is 1. The van der Waals surface area contributed by atoms with Gasteiger partial charge >= 0.3 is 5.97 Å². The summed E-state index contributed by atoms with van der Waals surface area (Å²) in [6.45, 7) is -0.322. The number of rotatable bonds is 8. The summed E-state index contributed by atoms with van der Waals surface area (Å²) in [7, 11) is 1.57. The van der Waals surface area contributed by atoms with Gasteiger partial charge in [0.2, 0.25) is 0 Å². The number of hydrogen-bond donors (Lipinski definition) is 1. The first kappa shape index (κ1) is 19.1. The van der Waals surface area contributed by atoms with E-state index in [2.05, 4.69) is 5.32 Å². The number of carbonyl (C=O) groups is 2. The second kappa shape index (κ2) is 9.96. The van der Waals surface area contributed by atoms with Crippen LogP contribution in [0.4, 0.5) is 5.69 Å². The predicted molar refractivity (Wildman–Crippen MR) is 100 cm³/mol. The summed E-state index contributed by atoms with van der Waals surface area (Å²) in [6, 6.07) is 14.3. The van der Waals surface area contributed by atoms with E-state index in [4.69, 9.17) is 21.1 Å². The molecule has 0 atom stereocenters. The van der Waals surface area contributed by atoms with E-state index in [1.807, 2.05) is 18.2 Å². The molecule has 2 rings (SSSR count). The highest BCUT2D eigenvalue weighted by molar-refractivity contribution is 7.99. The number of hydrogen-bond acceptors (Lipinski definition) is 5. The van der Waals surface area contributed by atoms with Crippen LogP contribution in [-0.2, 0) is 20.1 Å². The quantitative estimate of drug-likeness (QED) is 0.707. The molecule has 1 N–H and O–H groups in total. The van der Waals surface area contributed by atoms with E-state index in [9.17, 15) is 9.59 Å². The minimum Gasteiger partial charge on any atom is -0.497 e. The first-order chi connectivity index (χ1) is 12.1. The molecule has 0 radical (unpaired) electrons. The Morgan fingerprint density at radius 2 is 1.84 bits per heavy atom. The fourth-order valence-corrected chi connectivity index (χ4v) is 3.02. The fourth-order valence-electron chi connectivity index (χ4n) is 1.92. The molecule has 7 heteroatoms. The van der Waals surface area contributed by atoms with Crippen LogP contribution < -0.4 is 10.1 Å². The van der Waals surface area contributed by atoms with E-state index in [-0.39, 0.29) is 12.4 Å². The summed E-state index contributed by atoms with van der Waals surface area (Å²) in [5.74, 6) is 0.616. The molecule has 0 unspecified atom stereocenters. The summed E-state index contributed by atoms with van der Waals surface area (Å²) in [5.41, 5.74) is 1.56. The molecule has 0 bridgehead atoms. The molecule has 0 aliphatic rings. The highest BCUT2D eigenvalue weighted by Crippen LogP contribution is 2.20. The Morgan fingerprint density at radius 1 is 1.12 bits per heavy atom. The molecule has 5 nitrogen and oxygen atoms in total. The summed E-state index contributed by atoms with van der Waals surface area (Å²) < 4.78 is 10.00. The van der Waals surface area contributed by atoms with Crippen molar-refractivity contribution in [3.63, 3.8) is 0 Å². The van der Waals surface area contributed by atoms with Crippen molar-refractivity contribution >= 4 is 40.9 Å². The average molecular weight is 380 g/mol. The topological polar surface area (TPSA) is 64.6 Å². The van der Waals surface area contributed by atoms with Gasteiger partial charge in [-0.05, 0) is 35.9 Å². The Morgan fingerprint density at radius 3 is 2.52 bits per heavy atom. The monoisotopic (exact) mass is 379 g/mol. The fraction of sp³-hybridized carbons (Fsp3) is 0.222. The molecule has 2 aromatic rings. The molecule has 0 aliphatic carbocycles. The Bertz CT molecular complexity index is 721. The van der Waals surface area contributed by atoms with Crippen LogP contribution in [0.5, 0.6) is 5.75 Å². The van der Waals surface area contributed by atoms with Crippen LogP contribution in [0.3, 0.4) is 0 Å². The van der Waals surface area contributed by atoms with E-state index in [0.29, 0.717) is 22.2 Å². The number of anilines is 1. The number of benzene rings is 2. The molecule has 132 valence electrons. The molecule has 0 saturated carbocycles. The zero-order valence-corrected chi connectivity index (χ0v) is 15.2. The summed E-state index contributed by atoms with van der Waals surface area (Å²) in [6.07, 6.45) is 0. The van der Waals surface area contributed by atoms with Crippen LogP contribution in [0.1, 0.15) is 5.56 Å². The van der Waals surface area contributed by atoms with Gasteiger partial charge in [-0.3, -0.25) is 9.59 Å². The molecule has 0 heterocycles. The van der Waals surface area contributed by atoms with Gasteiger partial charge in [-0.15, -0.1) is 11.8 Å². The van der Waals surface area contributed by atoms with Gasteiger partial charge < -0.3 is 14.8 Å². The van der Waals surface area contributed by atoms with E-state index in [0.717, 1.165) is 5.56 Å². The molecule has 1 amide bonds. The van der Waals surface area contributed by atoms with Gasteiger partial charge in [-0.25, -0.2) is 0 Å². The van der Waals surface area contributed by atoms with Gasteiger partial charge in [-0.1, -0.05) is 29.8 Å². The third-order valence-corrected chi connectivity index (χ3v) is 4.50. The molecule has 0 spiro atoms. The number of ether oxygens (including phenoxy) is 2. The van der Waals surface area contributed by atoms with E-state index in [1.165, 1.54) is 11.8 Å². The number of amides is 1. The maximum absolute atomic E-state index is 11.8. The van der Waals surface area contributed by atoms with Gasteiger partial charge in [0.05, 0.1) is 12.9 Å². The molecule has 0 aromatic heterocycles. The molecule has 0 saturated heterocycles. The molecular formula is C18H18ClNO4S. The minimum atomic E-state index is -0.443. The third kappa shape index (κ3) is 6.68. The Hall–Kier alpha value is -2.18. The average Bonchev–Trinajstić information content (AvgIpc) is 2.62. The minimum absolute atomic E-state index is 0.154. The summed E-state index contributed by atoms with van der Waals surface area (Å²) in [5, 5.41) is 3.31. The molecule has 25 heavy (non-hydrogen) atoms. The van der Waals surface area contributed by atoms with E-state index < -0.39 is 11.9 Å². The Kier molecular flexibility index (Phi) is 7.63. The van der Waals surface area contributed by atoms with Crippen LogP contribution in [0.2, 0.25) is 5.02 Å². The van der Waals surface area contributed by atoms with Crippen molar-refractivity contribution in [1.29, 1.82) is 0 Å². The number of halogens is 1. The first-order valence-electron chi connectivity index (χ1n) is 7.49. The normalized spacial score (nSPS) is 10.2. The summed E-state index contributed by atoms with van der Waals surface area (Å²) in [4.78, 5) is 23.5. The van der Waals surface area contributed by atoms with Crippen molar-refractivity contribution in [1.82, 2.24) is 0 Å². The van der Waals surface area contributed by atoms with Gasteiger partial charge in [-0.2, -0.15) is 0 Å². The van der Waals surface area contributed by atoms with Crippen LogP contribution in [0.15, 0.2) is 48.5 Å². The van der Waals surface area contributed by atoms with Gasteiger partial charge in [0.25, 0.3) is 5.91 Å². The highest BCUT2D eigenvalue weighted by Gasteiger charge is 2.09. The predicted octanol–water partition coefficient (Wildman–Crippen LogP) is 3.76. The first-order valence-corrected chi connectivity index (χ1v) is 9.02.